The number of benzene rings is 1. The first-order valence-corrected chi connectivity index (χ1v) is 10.9. The van der Waals surface area contributed by atoms with Gasteiger partial charge in [-0.1, -0.05) is 11.6 Å². The van der Waals surface area contributed by atoms with Gasteiger partial charge in [-0.15, -0.1) is 0 Å². The Balaban J connectivity index is 0.000000354. The summed E-state index contributed by atoms with van der Waals surface area (Å²) in [6.45, 7) is 0. The zero-order chi connectivity index (χ0) is 9.56. The first-order valence-electron chi connectivity index (χ1n) is 2.76. The summed E-state index contributed by atoms with van der Waals surface area (Å²) in [7, 11) is 0. The van der Waals surface area contributed by atoms with Gasteiger partial charge in [-0.2, -0.15) is 0 Å². The molecule has 0 saturated heterocycles. The Labute approximate surface area is 96.1 Å². The lowest BCUT2D eigenvalue weighted by Crippen LogP contribution is -1.77. The van der Waals surface area contributed by atoms with E-state index in [0.29, 0.717) is 0 Å². The third kappa shape index (κ3) is 6.59. The van der Waals surface area contributed by atoms with Crippen LogP contribution in [0.15, 0.2) is 12.1 Å². The van der Waals surface area contributed by atoms with Crippen LogP contribution in [0.3, 0.4) is 0 Å². The van der Waals surface area contributed by atoms with Gasteiger partial charge in [0.15, 0.2) is 0 Å². The maximum absolute atomic E-state index is 12.0. The van der Waals surface area contributed by atoms with Gasteiger partial charge in [-0.3, -0.25) is 25.8 Å². The molecule has 0 saturated carbocycles. The summed E-state index contributed by atoms with van der Waals surface area (Å²) in [6, 6.07) is 3.77. The Kier molecular flexibility index (Phi) is 8.18. The molecule has 0 N–H and O–H groups in total. The fraction of sp³-hybridized carbons (Fsp3) is 0. The topological polar surface area (TPSA) is 0 Å². The van der Waals surface area contributed by atoms with E-state index < -0.39 is 11.6 Å². The molecule has 0 aliphatic carbocycles. The zero-order valence-corrected chi connectivity index (χ0v) is 11.1. The maximum atomic E-state index is 12.0. The molecule has 12 heavy (non-hydrogen) atoms. The third-order valence-corrected chi connectivity index (χ3v) is 0.986. The normalized spacial score (nSPS) is 8.08. The van der Waals surface area contributed by atoms with Crippen LogP contribution >= 0.6 is 37.4 Å². The Morgan fingerprint density at radius 1 is 1.25 bits per heavy atom. The second kappa shape index (κ2) is 7.50. The van der Waals surface area contributed by atoms with E-state index in [-0.39, 0.29) is 21.0 Å². The first-order chi connectivity index (χ1) is 5.60. The summed E-state index contributed by atoms with van der Waals surface area (Å²) in [4.78, 5) is 0. The highest BCUT2D eigenvalue weighted by molar-refractivity contribution is 9.47. The Morgan fingerprint density at radius 2 is 1.58 bits per heavy atom. The van der Waals surface area contributed by atoms with Crippen LogP contribution in [0.5, 0.6) is 0 Å². The van der Waals surface area contributed by atoms with E-state index in [9.17, 15) is 8.78 Å². The van der Waals surface area contributed by atoms with Gasteiger partial charge in [0.25, 0.3) is 0 Å². The Hall–Kier alpha value is 1.10. The summed E-state index contributed by atoms with van der Waals surface area (Å²) >= 11 is 11.7. The highest BCUT2D eigenvalue weighted by Crippen LogP contribution is 2.11. The van der Waals surface area contributed by atoms with Crippen molar-refractivity contribution in [2.75, 3.05) is 0 Å². The van der Waals surface area contributed by atoms with Crippen molar-refractivity contribution in [2.45, 2.75) is 0 Å². The molecule has 0 aromatic heterocycles. The summed E-state index contributed by atoms with van der Waals surface area (Å²) in [5.74, 6) is -1.56. The van der Waals surface area contributed by atoms with E-state index >= 15 is 0 Å². The second-order valence-corrected chi connectivity index (χ2v) is 10.1. The van der Waals surface area contributed by atoms with Crippen LogP contribution in [0.25, 0.3) is 0 Å². The molecule has 1 aromatic rings. The molecule has 0 atom stereocenters. The Bertz CT molecular complexity index is 197. The van der Waals surface area contributed by atoms with Crippen LogP contribution in [-0.2, 0) is 0 Å². The van der Waals surface area contributed by atoms with E-state index in [1.807, 2.05) is 0 Å². The van der Waals surface area contributed by atoms with Crippen molar-refractivity contribution in [1.82, 2.24) is 0 Å². The van der Waals surface area contributed by atoms with E-state index in [2.05, 4.69) is 25.8 Å². The summed E-state index contributed by atoms with van der Waals surface area (Å²) < 4.78 is 24.1. The molecule has 6 heteroatoms. The standard InChI is InChI=1S/C6H2ClF2.2BrH.Mg/c7-4-1-5(8)3-6(9)2-4;;;/h1-2H;2*1H;/q;;;+2/p-2. The molecular weight excluding hydrogens is 330 g/mol. The molecule has 0 fully saturated rings. The van der Waals surface area contributed by atoms with Gasteiger partial charge in [0.1, 0.15) is 11.6 Å². The van der Waals surface area contributed by atoms with Crippen molar-refractivity contribution in [1.29, 1.82) is 0 Å². The number of rotatable bonds is 0. The molecule has 0 heterocycles. The molecule has 0 aliphatic rings. The smallest absolute Gasteiger partial charge is 0.280 e. The van der Waals surface area contributed by atoms with E-state index in [0.717, 1.165) is 12.1 Å². The van der Waals surface area contributed by atoms with Gasteiger partial charge in [-0.25, -0.2) is 8.78 Å². The quantitative estimate of drug-likeness (QED) is 0.636. The molecule has 1 aromatic carbocycles. The molecule has 0 bridgehead atoms. The van der Waals surface area contributed by atoms with Crippen molar-refractivity contribution in [2.24, 2.45) is 0 Å². The van der Waals surface area contributed by atoms with Crippen molar-refractivity contribution in [3.8, 4) is 0 Å². The fourth-order valence-electron chi connectivity index (χ4n) is 0.470. The molecule has 0 spiro atoms. The van der Waals surface area contributed by atoms with Crippen molar-refractivity contribution >= 4 is 53.4 Å². The lowest BCUT2D eigenvalue weighted by molar-refractivity contribution is 0.579. The summed E-state index contributed by atoms with van der Waals surface area (Å²) in [5, 5.41) is 0.0451. The van der Waals surface area contributed by atoms with Gasteiger partial charge >= 0.3 is 16.0 Å². The van der Waals surface area contributed by atoms with Gasteiger partial charge < -0.3 is 0 Å². The van der Waals surface area contributed by atoms with Gasteiger partial charge in [0, 0.05) is 5.02 Å². The third-order valence-electron chi connectivity index (χ3n) is 0.768. The minimum Gasteiger partial charge on any atom is -0.280 e. The molecule has 1 rings (SSSR count). The molecule has 1 radical (unpaired) electrons. The molecule has 0 unspecified atom stereocenters. The number of hydrogen-bond donors (Lipinski definition) is 0. The predicted octanol–water partition coefficient (Wildman–Crippen LogP) is 3.73. The van der Waals surface area contributed by atoms with Crippen molar-refractivity contribution in [3.05, 3.63) is 34.9 Å². The SMILES string of the molecule is Fc1[c]c(F)cc(Cl)c1.[Br][Mg][Br]. The summed E-state index contributed by atoms with van der Waals surface area (Å²) in [5.41, 5.74) is 0. The van der Waals surface area contributed by atoms with Gasteiger partial charge in [-0.05, 0) is 12.1 Å². The fourth-order valence-corrected chi connectivity index (χ4v) is 0.662. The van der Waals surface area contributed by atoms with Gasteiger partial charge in [0.2, 0.25) is 0 Å². The highest BCUT2D eigenvalue weighted by Gasteiger charge is 1.96. The molecule has 0 aliphatic heterocycles. The lowest BCUT2D eigenvalue weighted by Gasteiger charge is -1.88. The van der Waals surface area contributed by atoms with E-state index in [1.165, 1.54) is 0 Å². The monoisotopic (exact) mass is 329 g/mol. The van der Waals surface area contributed by atoms with Crippen LogP contribution in [0.4, 0.5) is 8.78 Å². The molecule has 63 valence electrons. The maximum Gasteiger partial charge on any atom is 0.560 e. The zero-order valence-electron chi connectivity index (χ0n) is 5.75. The molecule has 0 amide bonds. The van der Waals surface area contributed by atoms with Crippen LogP contribution in [0, 0.1) is 17.7 Å². The van der Waals surface area contributed by atoms with Crippen LogP contribution in [0.2, 0.25) is 5.02 Å². The number of halogens is 5. The van der Waals surface area contributed by atoms with E-state index in [4.69, 9.17) is 11.6 Å². The predicted molar refractivity (Wildman–Crippen MR) is 53.8 cm³/mol. The average molecular weight is 332 g/mol. The minimum atomic E-state index is -0.778. The average Bonchev–Trinajstić information content (AvgIpc) is 1.84. The molecular formula is C6H2Br2ClF2Mg. The highest BCUT2D eigenvalue weighted by atomic mass is 79.9. The lowest BCUT2D eigenvalue weighted by atomic mass is 10.3. The minimum absolute atomic E-state index is 0.0417. The van der Waals surface area contributed by atoms with Crippen LogP contribution in [0.1, 0.15) is 0 Å². The number of hydrogen-bond acceptors (Lipinski definition) is 0. The van der Waals surface area contributed by atoms with Crippen molar-refractivity contribution in [3.63, 3.8) is 0 Å². The van der Waals surface area contributed by atoms with Crippen LogP contribution < -0.4 is 0 Å². The largest absolute Gasteiger partial charge is 0.560 e. The van der Waals surface area contributed by atoms with Crippen molar-refractivity contribution < 1.29 is 8.78 Å². The van der Waals surface area contributed by atoms with Gasteiger partial charge in [0.05, 0.1) is 6.07 Å². The molecule has 0 nitrogen and oxygen atoms in total. The van der Waals surface area contributed by atoms with Crippen LogP contribution in [-0.4, -0.2) is 16.0 Å². The summed E-state index contributed by atoms with van der Waals surface area (Å²) in [6.07, 6.45) is 0. The Morgan fingerprint density at radius 3 is 1.83 bits per heavy atom. The second-order valence-electron chi connectivity index (χ2n) is 1.60. The first kappa shape index (κ1) is 13.1. The van der Waals surface area contributed by atoms with E-state index in [1.54, 1.807) is 6.07 Å².